The molecule has 0 bridgehead atoms. The molecule has 0 atom stereocenters. The molecule has 3 rings (SSSR count). The summed E-state index contributed by atoms with van der Waals surface area (Å²) >= 11 is 0. The molecule has 0 fully saturated rings. The van der Waals surface area contributed by atoms with Crippen LogP contribution in [-0.2, 0) is 9.59 Å². The lowest BCUT2D eigenvalue weighted by Crippen LogP contribution is -2.12. The Hall–Kier alpha value is -3.82. The highest BCUT2D eigenvalue weighted by molar-refractivity contribution is 6.02. The van der Waals surface area contributed by atoms with Gasteiger partial charge in [0.05, 0.1) is 11.9 Å². The summed E-state index contributed by atoms with van der Waals surface area (Å²) in [5.41, 5.74) is 1.38. The zero-order valence-corrected chi connectivity index (χ0v) is 16.8. The van der Waals surface area contributed by atoms with E-state index in [-0.39, 0.29) is 7.33 Å². The van der Waals surface area contributed by atoms with E-state index in [0.717, 1.165) is 12.1 Å². The lowest BCUT2D eigenvalue weighted by molar-refractivity contribution is -0.0987. The van der Waals surface area contributed by atoms with Crippen molar-refractivity contribution in [3.8, 4) is 0 Å². The molecule has 0 aliphatic heterocycles. The van der Waals surface area contributed by atoms with Gasteiger partial charge in [-0.15, -0.1) is 0 Å². The third-order valence-electron chi connectivity index (χ3n) is 2.78. The van der Waals surface area contributed by atoms with Gasteiger partial charge in [-0.25, -0.2) is 13.2 Å². The highest BCUT2D eigenvalue weighted by Crippen LogP contribution is 2.12. The first-order chi connectivity index (χ1) is 14.5. The molecule has 30 heavy (non-hydrogen) atoms. The molecule has 0 radical (unpaired) electrons. The number of pyridine rings is 1. The van der Waals surface area contributed by atoms with E-state index in [2.05, 4.69) is 20.5 Å². The Bertz CT molecular complexity index is 829. The van der Waals surface area contributed by atoms with Crippen LogP contribution in [0, 0.1) is 24.4 Å². The third kappa shape index (κ3) is 10.5. The van der Waals surface area contributed by atoms with Gasteiger partial charge < -0.3 is 14.9 Å². The Morgan fingerprint density at radius 2 is 1.63 bits per heavy atom. The first kappa shape index (κ1) is 28.4. The van der Waals surface area contributed by atoms with Gasteiger partial charge in [0.2, 0.25) is 0 Å². The summed E-state index contributed by atoms with van der Waals surface area (Å²) in [4.78, 5) is 31.4. The van der Waals surface area contributed by atoms with Gasteiger partial charge >= 0.3 is 0 Å². The Morgan fingerprint density at radius 3 is 2.07 bits per heavy atom. The van der Waals surface area contributed by atoms with Crippen molar-refractivity contribution in [3.05, 3.63) is 77.6 Å². The maximum absolute atomic E-state index is 12.2. The van der Waals surface area contributed by atoms with Gasteiger partial charge in [-0.3, -0.25) is 14.9 Å². The van der Waals surface area contributed by atoms with Crippen LogP contribution in [0.25, 0.3) is 0 Å². The molecule has 1 aromatic carbocycles. The lowest BCUT2D eigenvalue weighted by Gasteiger charge is -1.99. The van der Waals surface area contributed by atoms with Crippen molar-refractivity contribution in [2.24, 2.45) is 0 Å². The maximum atomic E-state index is 12.2. The van der Waals surface area contributed by atoms with Crippen LogP contribution in [-0.4, -0.2) is 34.7 Å². The SMILES string of the molecule is C=O.C=O.CC.Cc1cc(F)c(F)c(F)c1.O=C(Nc1cn[nH]c1)c1ccccn1.[HH]. The van der Waals surface area contributed by atoms with Crippen LogP contribution in [0.15, 0.2) is 48.9 Å². The number of nitrogens with one attached hydrogen (secondary N) is 2. The molecule has 2 N–H and O–H groups in total. The number of hydrogen-bond donors (Lipinski definition) is 2. The fourth-order valence-corrected chi connectivity index (χ4v) is 1.69. The summed E-state index contributed by atoms with van der Waals surface area (Å²) in [6.07, 6.45) is 4.70. The summed E-state index contributed by atoms with van der Waals surface area (Å²) in [5.74, 6) is -3.94. The lowest BCUT2D eigenvalue weighted by atomic mass is 10.2. The summed E-state index contributed by atoms with van der Waals surface area (Å²) in [5, 5.41) is 8.95. The molecule has 10 heteroatoms. The van der Waals surface area contributed by atoms with Crippen LogP contribution >= 0.6 is 0 Å². The number of rotatable bonds is 2. The van der Waals surface area contributed by atoms with E-state index in [9.17, 15) is 18.0 Å². The second-order valence-corrected chi connectivity index (χ2v) is 4.70. The summed E-state index contributed by atoms with van der Waals surface area (Å²) < 4.78 is 36.6. The summed E-state index contributed by atoms with van der Waals surface area (Å²) in [6, 6.07) is 7.05. The van der Waals surface area contributed by atoms with Crippen molar-refractivity contribution < 1.29 is 29.0 Å². The van der Waals surface area contributed by atoms with Crippen molar-refractivity contribution in [2.45, 2.75) is 20.8 Å². The van der Waals surface area contributed by atoms with Crippen LogP contribution in [0.2, 0.25) is 0 Å². The molecule has 0 saturated heterocycles. The first-order valence-electron chi connectivity index (χ1n) is 8.37. The monoisotopic (exact) mass is 426 g/mol. The Morgan fingerprint density at radius 1 is 1.07 bits per heavy atom. The van der Waals surface area contributed by atoms with Crippen molar-refractivity contribution in [2.75, 3.05) is 5.32 Å². The maximum Gasteiger partial charge on any atom is 0.274 e. The number of H-pyrrole nitrogens is 1. The Labute approximate surface area is 173 Å². The van der Waals surface area contributed by atoms with Gasteiger partial charge in [0.15, 0.2) is 17.5 Å². The van der Waals surface area contributed by atoms with E-state index in [4.69, 9.17) is 9.59 Å². The van der Waals surface area contributed by atoms with E-state index in [1.165, 1.54) is 13.1 Å². The summed E-state index contributed by atoms with van der Waals surface area (Å²) in [7, 11) is 0. The molecule has 0 aliphatic rings. The standard InChI is InChI=1S/C9H8N4O.C7H5F3.C2H6.2CH2O.H2/c14-9(8-3-1-2-4-10-8)13-7-5-11-12-6-7;1-4-2-5(8)7(10)6(9)3-4;3*1-2;/h1-6H,(H,11,12)(H,13,14);2-3H,1H3;1-2H3;2*1H2;1H. The summed E-state index contributed by atoms with van der Waals surface area (Å²) in [6.45, 7) is 9.49. The molecule has 0 aliphatic carbocycles. The number of carbonyl (C=O) groups is 3. The van der Waals surface area contributed by atoms with E-state index < -0.39 is 17.5 Å². The molecule has 2 heterocycles. The number of nitrogens with zero attached hydrogens (tertiary/aromatic N) is 2. The van der Waals surface area contributed by atoms with Crippen LogP contribution in [0.1, 0.15) is 31.3 Å². The molecule has 0 unspecified atom stereocenters. The van der Waals surface area contributed by atoms with Gasteiger partial charge in [-0.05, 0) is 36.8 Å². The van der Waals surface area contributed by atoms with Gasteiger partial charge in [0.1, 0.15) is 19.3 Å². The number of aryl methyl sites for hydroxylation is 1. The van der Waals surface area contributed by atoms with E-state index in [0.29, 0.717) is 16.9 Å². The average molecular weight is 426 g/mol. The van der Waals surface area contributed by atoms with Crippen molar-refractivity contribution in [3.63, 3.8) is 0 Å². The molecule has 7 nitrogen and oxygen atoms in total. The number of anilines is 1. The van der Waals surface area contributed by atoms with Gasteiger partial charge in [-0.1, -0.05) is 19.9 Å². The van der Waals surface area contributed by atoms with E-state index in [1.54, 1.807) is 30.6 Å². The quantitative estimate of drug-likeness (QED) is 0.592. The molecule has 2 aromatic heterocycles. The zero-order valence-electron chi connectivity index (χ0n) is 16.8. The Kier molecular flexibility index (Phi) is 16.4. The van der Waals surface area contributed by atoms with Crippen LogP contribution in [0.3, 0.4) is 0 Å². The number of amides is 1. The van der Waals surface area contributed by atoms with Crippen LogP contribution in [0.4, 0.5) is 18.9 Å². The van der Waals surface area contributed by atoms with Gasteiger partial charge in [0, 0.05) is 13.8 Å². The second-order valence-electron chi connectivity index (χ2n) is 4.70. The average Bonchev–Trinajstić information content (AvgIpc) is 3.30. The van der Waals surface area contributed by atoms with Crippen molar-refractivity contribution in [1.82, 2.24) is 15.2 Å². The molecule has 0 saturated carbocycles. The number of carbonyl (C=O) groups excluding carboxylic acids is 3. The molecule has 0 spiro atoms. The predicted octanol–water partition coefficient (Wildman–Crippen LogP) is 4.37. The van der Waals surface area contributed by atoms with Crippen molar-refractivity contribution >= 4 is 25.2 Å². The number of aromatic nitrogens is 3. The largest absolute Gasteiger partial charge is 0.318 e. The first-order valence-corrected chi connectivity index (χ1v) is 8.37. The number of halogens is 3. The zero-order chi connectivity index (χ0) is 23.5. The smallest absolute Gasteiger partial charge is 0.274 e. The fraction of sp³-hybridized carbons (Fsp3) is 0.150. The Balaban J connectivity index is -0.000000409. The fourth-order valence-electron chi connectivity index (χ4n) is 1.69. The minimum absolute atomic E-state index is 0. The highest BCUT2D eigenvalue weighted by atomic mass is 19.2. The topological polar surface area (TPSA) is 105 Å². The molecule has 3 aromatic rings. The molecular weight excluding hydrogens is 401 g/mol. The highest BCUT2D eigenvalue weighted by Gasteiger charge is 2.07. The molecule has 164 valence electrons. The minimum Gasteiger partial charge on any atom is -0.318 e. The van der Waals surface area contributed by atoms with Gasteiger partial charge in [-0.2, -0.15) is 5.10 Å². The minimum atomic E-state index is -1.41. The van der Waals surface area contributed by atoms with E-state index >= 15 is 0 Å². The second kappa shape index (κ2) is 17.3. The van der Waals surface area contributed by atoms with Crippen LogP contribution in [0.5, 0.6) is 0 Å². The molecular formula is C20H25F3N4O3. The number of benzene rings is 1. The number of aromatic amines is 1. The normalized spacial score (nSPS) is 8.33. The molecule has 1 amide bonds. The third-order valence-corrected chi connectivity index (χ3v) is 2.78. The van der Waals surface area contributed by atoms with E-state index in [1.807, 2.05) is 27.4 Å². The van der Waals surface area contributed by atoms with Crippen molar-refractivity contribution in [1.29, 1.82) is 0 Å². The van der Waals surface area contributed by atoms with Gasteiger partial charge in [0.25, 0.3) is 5.91 Å². The number of hydrogen-bond acceptors (Lipinski definition) is 5. The predicted molar refractivity (Wildman–Crippen MR) is 110 cm³/mol. The van der Waals surface area contributed by atoms with Crippen LogP contribution < -0.4 is 5.32 Å².